The SMILES string of the molecule is CCOc1ccc(C(=O)N2[C@@H]3CC[C@H]2CC(O)(c2cccnc2OC)C3)o1. The summed E-state index contributed by atoms with van der Waals surface area (Å²) in [5.74, 6) is 0.918. The summed E-state index contributed by atoms with van der Waals surface area (Å²) in [4.78, 5) is 19.1. The Morgan fingerprint density at radius 2 is 2.07 bits per heavy atom. The Hall–Kier alpha value is -2.54. The minimum absolute atomic E-state index is 0.0493. The van der Waals surface area contributed by atoms with Crippen molar-refractivity contribution >= 4 is 5.91 Å². The maximum absolute atomic E-state index is 13.0. The van der Waals surface area contributed by atoms with Gasteiger partial charge in [-0.3, -0.25) is 4.79 Å². The average Bonchev–Trinajstić information content (AvgIpc) is 3.25. The molecule has 2 aromatic heterocycles. The van der Waals surface area contributed by atoms with Crippen molar-refractivity contribution < 1.29 is 23.8 Å². The van der Waals surface area contributed by atoms with Gasteiger partial charge in [-0.05, 0) is 38.0 Å². The van der Waals surface area contributed by atoms with Crippen LogP contribution in [0.5, 0.6) is 11.8 Å². The summed E-state index contributed by atoms with van der Waals surface area (Å²) in [6.45, 7) is 2.35. The topological polar surface area (TPSA) is 85.0 Å². The molecule has 2 aromatic rings. The summed E-state index contributed by atoms with van der Waals surface area (Å²) in [7, 11) is 1.55. The number of piperidine rings is 1. The van der Waals surface area contributed by atoms with Crippen molar-refractivity contribution in [2.45, 2.75) is 50.3 Å². The smallest absolute Gasteiger partial charge is 0.290 e. The number of nitrogens with zero attached hydrogens (tertiary/aromatic N) is 2. The first-order valence-corrected chi connectivity index (χ1v) is 9.33. The zero-order valence-electron chi connectivity index (χ0n) is 15.6. The van der Waals surface area contributed by atoms with Crippen LogP contribution >= 0.6 is 0 Å². The van der Waals surface area contributed by atoms with Crippen LogP contribution in [0.1, 0.15) is 48.7 Å². The third-order valence-electron chi connectivity index (χ3n) is 5.55. The molecule has 2 fully saturated rings. The zero-order chi connectivity index (χ0) is 19.0. The van der Waals surface area contributed by atoms with Crippen molar-refractivity contribution in [2.24, 2.45) is 0 Å². The van der Waals surface area contributed by atoms with Gasteiger partial charge in [-0.25, -0.2) is 4.98 Å². The van der Waals surface area contributed by atoms with Gasteiger partial charge in [0, 0.05) is 42.8 Å². The molecule has 4 rings (SSSR count). The van der Waals surface area contributed by atoms with E-state index < -0.39 is 5.60 Å². The Balaban J connectivity index is 1.57. The lowest BCUT2D eigenvalue weighted by molar-refractivity contribution is -0.0501. The molecule has 1 unspecified atom stereocenters. The molecule has 0 saturated carbocycles. The summed E-state index contributed by atoms with van der Waals surface area (Å²) < 4.78 is 16.2. The van der Waals surface area contributed by atoms with Crippen LogP contribution in [0.4, 0.5) is 0 Å². The second-order valence-electron chi connectivity index (χ2n) is 7.15. The molecule has 2 aliphatic rings. The number of aromatic nitrogens is 1. The quantitative estimate of drug-likeness (QED) is 0.869. The molecule has 2 saturated heterocycles. The molecule has 1 amide bonds. The highest BCUT2D eigenvalue weighted by atomic mass is 16.6. The Morgan fingerprint density at radius 3 is 2.74 bits per heavy atom. The molecule has 3 atom stereocenters. The van der Waals surface area contributed by atoms with E-state index >= 15 is 0 Å². The van der Waals surface area contributed by atoms with Crippen LogP contribution < -0.4 is 9.47 Å². The normalized spacial score (nSPS) is 26.9. The van der Waals surface area contributed by atoms with Crippen LogP contribution in [0.25, 0.3) is 0 Å². The first-order valence-electron chi connectivity index (χ1n) is 9.33. The minimum Gasteiger partial charge on any atom is -0.481 e. The number of pyridine rings is 1. The molecule has 4 heterocycles. The Labute approximate surface area is 157 Å². The van der Waals surface area contributed by atoms with E-state index in [0.717, 1.165) is 12.8 Å². The first-order chi connectivity index (χ1) is 13.1. The van der Waals surface area contributed by atoms with Crippen molar-refractivity contribution in [1.29, 1.82) is 0 Å². The number of fused-ring (bicyclic) bond motifs is 2. The molecule has 2 aliphatic heterocycles. The van der Waals surface area contributed by atoms with Crippen LogP contribution in [-0.4, -0.2) is 46.7 Å². The van der Waals surface area contributed by atoms with Crippen molar-refractivity contribution in [3.05, 3.63) is 41.8 Å². The Morgan fingerprint density at radius 1 is 1.33 bits per heavy atom. The fourth-order valence-corrected chi connectivity index (χ4v) is 4.47. The highest BCUT2D eigenvalue weighted by Crippen LogP contribution is 2.48. The number of hydrogen-bond acceptors (Lipinski definition) is 6. The molecule has 0 aromatic carbocycles. The van der Waals surface area contributed by atoms with Crippen LogP contribution in [0, 0.1) is 0 Å². The molecule has 1 N–H and O–H groups in total. The number of carbonyl (C=O) groups is 1. The summed E-state index contributed by atoms with van der Waals surface area (Å²) >= 11 is 0. The number of furan rings is 1. The number of methoxy groups -OCH3 is 1. The Kier molecular flexibility index (Phi) is 4.55. The van der Waals surface area contributed by atoms with Crippen molar-refractivity contribution in [2.75, 3.05) is 13.7 Å². The van der Waals surface area contributed by atoms with E-state index in [9.17, 15) is 9.90 Å². The first kappa shape index (κ1) is 17.9. The van der Waals surface area contributed by atoms with Gasteiger partial charge in [0.1, 0.15) is 0 Å². The molecule has 7 nitrogen and oxygen atoms in total. The van der Waals surface area contributed by atoms with E-state index in [2.05, 4.69) is 4.98 Å². The largest absolute Gasteiger partial charge is 0.481 e. The number of ether oxygens (including phenoxy) is 2. The predicted octanol–water partition coefficient (Wildman–Crippen LogP) is 2.74. The van der Waals surface area contributed by atoms with Crippen molar-refractivity contribution in [1.82, 2.24) is 9.88 Å². The van der Waals surface area contributed by atoms with Gasteiger partial charge in [0.2, 0.25) is 5.88 Å². The maximum Gasteiger partial charge on any atom is 0.290 e. The van der Waals surface area contributed by atoms with Gasteiger partial charge in [0.25, 0.3) is 11.9 Å². The van der Waals surface area contributed by atoms with Gasteiger partial charge in [0.15, 0.2) is 5.76 Å². The lowest BCUT2D eigenvalue weighted by Crippen LogP contribution is -2.52. The van der Waals surface area contributed by atoms with Gasteiger partial charge in [0.05, 0.1) is 19.3 Å². The number of aliphatic hydroxyl groups is 1. The lowest BCUT2D eigenvalue weighted by atomic mass is 9.80. The molecule has 27 heavy (non-hydrogen) atoms. The molecule has 2 bridgehead atoms. The van der Waals surface area contributed by atoms with Crippen molar-refractivity contribution in [3.8, 4) is 11.8 Å². The van der Waals surface area contributed by atoms with E-state index in [1.807, 2.05) is 17.9 Å². The minimum atomic E-state index is -1.05. The highest BCUT2D eigenvalue weighted by molar-refractivity contribution is 5.92. The molecule has 144 valence electrons. The van der Waals surface area contributed by atoms with Gasteiger partial charge in [-0.1, -0.05) is 0 Å². The fraction of sp³-hybridized carbons (Fsp3) is 0.500. The zero-order valence-corrected chi connectivity index (χ0v) is 15.6. The second kappa shape index (κ2) is 6.88. The van der Waals surface area contributed by atoms with E-state index in [1.165, 1.54) is 0 Å². The number of hydrogen-bond donors (Lipinski definition) is 1. The number of carbonyl (C=O) groups excluding carboxylic acids is 1. The van der Waals surface area contributed by atoms with Crippen LogP contribution in [0.2, 0.25) is 0 Å². The van der Waals surface area contributed by atoms with Gasteiger partial charge in [-0.2, -0.15) is 0 Å². The maximum atomic E-state index is 13.0. The molecule has 0 radical (unpaired) electrons. The molecular weight excluding hydrogens is 348 g/mol. The average molecular weight is 372 g/mol. The van der Waals surface area contributed by atoms with E-state index in [-0.39, 0.29) is 23.8 Å². The van der Waals surface area contributed by atoms with Gasteiger partial charge >= 0.3 is 0 Å². The van der Waals surface area contributed by atoms with Crippen LogP contribution in [-0.2, 0) is 5.60 Å². The third kappa shape index (κ3) is 3.06. The monoisotopic (exact) mass is 372 g/mol. The van der Waals surface area contributed by atoms with E-state index in [4.69, 9.17) is 13.9 Å². The molecule has 0 aliphatic carbocycles. The molecule has 7 heteroatoms. The third-order valence-corrected chi connectivity index (χ3v) is 5.55. The van der Waals surface area contributed by atoms with E-state index in [1.54, 1.807) is 31.5 Å². The fourth-order valence-electron chi connectivity index (χ4n) is 4.47. The number of amides is 1. The van der Waals surface area contributed by atoms with Gasteiger partial charge in [-0.15, -0.1) is 0 Å². The second-order valence-corrected chi connectivity index (χ2v) is 7.15. The van der Waals surface area contributed by atoms with Crippen LogP contribution in [0.3, 0.4) is 0 Å². The molecule has 0 spiro atoms. The lowest BCUT2D eigenvalue weighted by Gasteiger charge is -2.43. The predicted molar refractivity (Wildman–Crippen MR) is 96.8 cm³/mol. The highest BCUT2D eigenvalue weighted by Gasteiger charge is 2.51. The summed E-state index contributed by atoms with van der Waals surface area (Å²) in [5, 5.41) is 11.4. The van der Waals surface area contributed by atoms with Crippen molar-refractivity contribution in [3.63, 3.8) is 0 Å². The summed E-state index contributed by atoms with van der Waals surface area (Å²) in [6, 6.07) is 6.87. The Bertz CT molecular complexity index is 819. The number of rotatable bonds is 5. The standard InChI is InChI=1S/C20H24N2O5/c1-3-26-17-9-8-16(27-17)19(23)22-13-6-7-14(22)12-20(24,11-13)15-5-4-10-21-18(15)25-2/h4-5,8-10,13-14,24H,3,6-7,11-12H2,1-2H3/t13-,14+,20?. The van der Waals surface area contributed by atoms with Crippen LogP contribution in [0.15, 0.2) is 34.9 Å². The molecular formula is C20H24N2O5. The summed E-state index contributed by atoms with van der Waals surface area (Å²) in [5.41, 5.74) is -0.366. The van der Waals surface area contributed by atoms with Gasteiger partial charge < -0.3 is 23.9 Å². The van der Waals surface area contributed by atoms with E-state index in [0.29, 0.717) is 36.8 Å². The summed E-state index contributed by atoms with van der Waals surface area (Å²) in [6.07, 6.45) is 4.28.